The quantitative estimate of drug-likeness (QED) is 0.848. The fraction of sp³-hybridized carbons (Fsp3) is 0.111. The molecule has 0 aromatic heterocycles. The lowest BCUT2D eigenvalue weighted by molar-refractivity contribution is 0.628. The number of rotatable bonds is 3. The van der Waals surface area contributed by atoms with Gasteiger partial charge in [0.15, 0.2) is 0 Å². The molecule has 5 heteroatoms. The molecule has 0 heterocycles. The van der Waals surface area contributed by atoms with Crippen LogP contribution in [0.15, 0.2) is 23.7 Å². The van der Waals surface area contributed by atoms with Crippen molar-refractivity contribution in [3.63, 3.8) is 0 Å². The molecule has 1 aromatic rings. The molecule has 0 saturated heterocycles. The predicted molar refractivity (Wildman–Crippen MR) is 59.9 cm³/mol. The molecule has 14 heavy (non-hydrogen) atoms. The summed E-state index contributed by atoms with van der Waals surface area (Å²) in [4.78, 5) is 0. The van der Waals surface area contributed by atoms with Crippen molar-refractivity contribution in [2.45, 2.75) is 0 Å². The molecule has 1 rings (SSSR count). The lowest BCUT2D eigenvalue weighted by atomic mass is 10.3. The number of nitrogens with one attached hydrogen (secondary N) is 1. The van der Waals surface area contributed by atoms with Gasteiger partial charge in [0.25, 0.3) is 0 Å². The summed E-state index contributed by atoms with van der Waals surface area (Å²) < 4.78 is 12.8. The molecule has 0 spiro atoms. The molecule has 0 atom stereocenters. The maximum atomic E-state index is 12.8. The minimum atomic E-state index is -0.477. The monoisotopic (exact) mass is 253 g/mol. The fourth-order valence-corrected chi connectivity index (χ4v) is 1.56. The molecule has 1 nitrogen and oxygen atoms in total. The van der Waals surface area contributed by atoms with Crippen LogP contribution in [-0.4, -0.2) is 6.54 Å². The van der Waals surface area contributed by atoms with Crippen molar-refractivity contribution in [1.29, 1.82) is 0 Å². The third-order valence-electron chi connectivity index (χ3n) is 1.46. The molecule has 76 valence electrons. The first-order chi connectivity index (χ1) is 6.50. The van der Waals surface area contributed by atoms with Crippen molar-refractivity contribution in [1.82, 2.24) is 0 Å². The van der Waals surface area contributed by atoms with Crippen molar-refractivity contribution in [3.8, 4) is 0 Å². The van der Waals surface area contributed by atoms with Crippen molar-refractivity contribution >= 4 is 40.5 Å². The summed E-state index contributed by atoms with van der Waals surface area (Å²) in [7, 11) is 0. The molecular weight excluding hydrogens is 247 g/mol. The second kappa shape index (κ2) is 4.87. The van der Waals surface area contributed by atoms with Gasteiger partial charge in [0.05, 0.1) is 22.3 Å². The predicted octanol–water partition coefficient (Wildman–Crippen LogP) is 4.30. The summed E-state index contributed by atoms with van der Waals surface area (Å²) in [6.45, 7) is 3.82. The normalized spacial score (nSPS) is 10.0. The summed E-state index contributed by atoms with van der Waals surface area (Å²) in [5.74, 6) is -0.477. The zero-order valence-corrected chi connectivity index (χ0v) is 9.35. The van der Waals surface area contributed by atoms with E-state index in [1.807, 2.05) is 0 Å². The molecule has 0 unspecified atom stereocenters. The van der Waals surface area contributed by atoms with E-state index in [1.165, 1.54) is 12.1 Å². The Morgan fingerprint density at radius 1 is 1.36 bits per heavy atom. The van der Waals surface area contributed by atoms with Gasteiger partial charge < -0.3 is 5.32 Å². The Hall–Kier alpha value is -0.440. The van der Waals surface area contributed by atoms with Crippen LogP contribution in [-0.2, 0) is 0 Å². The van der Waals surface area contributed by atoms with E-state index in [-0.39, 0.29) is 10.0 Å². The first kappa shape index (κ1) is 11.6. The zero-order valence-electron chi connectivity index (χ0n) is 7.08. The minimum absolute atomic E-state index is 0.216. The van der Waals surface area contributed by atoms with Crippen molar-refractivity contribution in [3.05, 3.63) is 39.6 Å². The highest BCUT2D eigenvalue weighted by molar-refractivity contribution is 6.39. The second-order valence-corrected chi connectivity index (χ2v) is 3.96. The molecule has 0 amide bonds. The van der Waals surface area contributed by atoms with Crippen LogP contribution in [0.5, 0.6) is 0 Å². The maximum Gasteiger partial charge on any atom is 0.126 e. The average Bonchev–Trinajstić information content (AvgIpc) is 2.01. The number of anilines is 1. The summed E-state index contributed by atoms with van der Waals surface area (Å²) in [6, 6.07) is 2.35. The van der Waals surface area contributed by atoms with E-state index in [4.69, 9.17) is 34.8 Å². The number of benzene rings is 1. The van der Waals surface area contributed by atoms with E-state index in [0.29, 0.717) is 17.3 Å². The van der Waals surface area contributed by atoms with Gasteiger partial charge in [-0.2, -0.15) is 0 Å². The Labute approximate surface area is 96.5 Å². The van der Waals surface area contributed by atoms with Gasteiger partial charge in [-0.3, -0.25) is 0 Å². The minimum Gasteiger partial charge on any atom is -0.378 e. The van der Waals surface area contributed by atoms with E-state index >= 15 is 0 Å². The van der Waals surface area contributed by atoms with E-state index in [1.54, 1.807) is 0 Å². The van der Waals surface area contributed by atoms with Crippen LogP contribution in [0.1, 0.15) is 0 Å². The van der Waals surface area contributed by atoms with Gasteiger partial charge in [-0.25, -0.2) is 4.39 Å². The molecule has 0 aliphatic rings. The standard InChI is InChI=1S/C9H7Cl3FN/c1-5(10)4-14-9-7(11)2-6(13)3-8(9)12/h2-3,14H,1,4H2. The van der Waals surface area contributed by atoms with Crippen molar-refractivity contribution in [2.75, 3.05) is 11.9 Å². The van der Waals surface area contributed by atoms with Crippen LogP contribution in [0.25, 0.3) is 0 Å². The zero-order chi connectivity index (χ0) is 10.7. The highest BCUT2D eigenvalue weighted by Gasteiger charge is 2.07. The van der Waals surface area contributed by atoms with Crippen molar-refractivity contribution in [2.24, 2.45) is 0 Å². The van der Waals surface area contributed by atoms with E-state index < -0.39 is 5.82 Å². The molecule has 0 radical (unpaired) electrons. The third-order valence-corrected chi connectivity index (χ3v) is 2.19. The maximum absolute atomic E-state index is 12.8. The summed E-state index contributed by atoms with van der Waals surface area (Å²) >= 11 is 17.1. The van der Waals surface area contributed by atoms with Crippen LogP contribution in [0.3, 0.4) is 0 Å². The lowest BCUT2D eigenvalue weighted by Gasteiger charge is -2.09. The van der Waals surface area contributed by atoms with Gasteiger partial charge in [-0.05, 0) is 12.1 Å². The van der Waals surface area contributed by atoms with E-state index in [0.717, 1.165) is 0 Å². The highest BCUT2D eigenvalue weighted by atomic mass is 35.5. The Morgan fingerprint density at radius 3 is 2.29 bits per heavy atom. The molecule has 0 aliphatic heterocycles. The van der Waals surface area contributed by atoms with Gasteiger partial charge in [-0.1, -0.05) is 41.4 Å². The summed E-state index contributed by atoms with van der Waals surface area (Å²) in [5.41, 5.74) is 0.455. The number of hydrogen-bond acceptors (Lipinski definition) is 1. The third kappa shape index (κ3) is 3.05. The highest BCUT2D eigenvalue weighted by Crippen LogP contribution is 2.31. The van der Waals surface area contributed by atoms with E-state index in [2.05, 4.69) is 11.9 Å². The van der Waals surface area contributed by atoms with Crippen molar-refractivity contribution < 1.29 is 4.39 Å². The van der Waals surface area contributed by atoms with Crippen LogP contribution in [0.2, 0.25) is 10.0 Å². The SMILES string of the molecule is C=C(Cl)CNc1c(Cl)cc(F)cc1Cl. The molecule has 0 saturated carbocycles. The fourth-order valence-electron chi connectivity index (χ4n) is 0.895. The van der Waals surface area contributed by atoms with E-state index in [9.17, 15) is 4.39 Å². The Balaban J connectivity index is 2.91. The summed E-state index contributed by atoms with van der Waals surface area (Å²) in [5, 5.41) is 3.70. The van der Waals surface area contributed by atoms with Gasteiger partial charge in [0, 0.05) is 5.03 Å². The average molecular weight is 255 g/mol. The van der Waals surface area contributed by atoms with Gasteiger partial charge in [0.2, 0.25) is 0 Å². The lowest BCUT2D eigenvalue weighted by Crippen LogP contribution is -2.02. The van der Waals surface area contributed by atoms with Gasteiger partial charge in [0.1, 0.15) is 5.82 Å². The second-order valence-electron chi connectivity index (χ2n) is 2.62. The van der Waals surface area contributed by atoms with Crippen LogP contribution >= 0.6 is 34.8 Å². The van der Waals surface area contributed by atoms with Crippen LogP contribution < -0.4 is 5.32 Å². The van der Waals surface area contributed by atoms with Crippen LogP contribution in [0.4, 0.5) is 10.1 Å². The number of halogens is 4. The first-order valence-corrected chi connectivity index (χ1v) is 4.86. The number of hydrogen-bond donors (Lipinski definition) is 1. The molecule has 1 N–H and O–H groups in total. The molecule has 1 aromatic carbocycles. The Kier molecular flexibility index (Phi) is 4.05. The van der Waals surface area contributed by atoms with Crippen LogP contribution in [0, 0.1) is 5.82 Å². The topological polar surface area (TPSA) is 12.0 Å². The molecule has 0 bridgehead atoms. The van der Waals surface area contributed by atoms with Gasteiger partial charge >= 0.3 is 0 Å². The largest absolute Gasteiger partial charge is 0.378 e. The smallest absolute Gasteiger partial charge is 0.126 e. The Bertz CT molecular complexity index is 342. The van der Waals surface area contributed by atoms with Gasteiger partial charge in [-0.15, -0.1) is 0 Å². The Morgan fingerprint density at radius 2 is 1.86 bits per heavy atom. The first-order valence-electron chi connectivity index (χ1n) is 3.72. The molecule has 0 fully saturated rings. The summed E-state index contributed by atoms with van der Waals surface area (Å²) in [6.07, 6.45) is 0. The molecule has 0 aliphatic carbocycles. The molecular formula is C9H7Cl3FN.